The second kappa shape index (κ2) is 9.06. The Bertz CT molecular complexity index is 475. The van der Waals surface area contributed by atoms with E-state index >= 15 is 0 Å². The van der Waals surface area contributed by atoms with Gasteiger partial charge in [-0.05, 0) is 61.8 Å². The number of benzene rings is 1. The molecule has 122 valence electrons. The molecule has 1 aromatic rings. The van der Waals surface area contributed by atoms with Crippen LogP contribution in [-0.4, -0.2) is 35.2 Å². The molecule has 0 aromatic heterocycles. The Labute approximate surface area is 136 Å². The number of nitrogens with one attached hydrogen (secondary N) is 1. The van der Waals surface area contributed by atoms with Crippen molar-refractivity contribution in [1.29, 1.82) is 0 Å². The van der Waals surface area contributed by atoms with E-state index in [0.717, 1.165) is 29.9 Å². The van der Waals surface area contributed by atoms with Crippen LogP contribution >= 0.6 is 11.8 Å². The lowest BCUT2D eigenvalue weighted by atomic mass is 10.1. The van der Waals surface area contributed by atoms with Gasteiger partial charge in [-0.1, -0.05) is 12.1 Å². The Morgan fingerprint density at radius 2 is 2.23 bits per heavy atom. The van der Waals surface area contributed by atoms with Gasteiger partial charge in [0.05, 0.1) is 6.10 Å². The molecule has 0 radical (unpaired) electrons. The minimum Gasteiger partial charge on any atom is -0.490 e. The molecule has 0 saturated heterocycles. The maximum Gasteiger partial charge on any atom is 0.320 e. The van der Waals surface area contributed by atoms with Gasteiger partial charge >= 0.3 is 5.97 Å². The van der Waals surface area contributed by atoms with Crippen molar-refractivity contribution in [2.75, 3.05) is 12.0 Å². The number of hydrogen-bond acceptors (Lipinski definition) is 4. The van der Waals surface area contributed by atoms with E-state index in [9.17, 15) is 9.90 Å². The van der Waals surface area contributed by atoms with Crippen LogP contribution in [0.4, 0.5) is 0 Å². The maximum absolute atomic E-state index is 11.2. The van der Waals surface area contributed by atoms with Gasteiger partial charge in [0.15, 0.2) is 0 Å². The molecule has 0 aliphatic heterocycles. The van der Waals surface area contributed by atoms with Gasteiger partial charge in [-0.3, -0.25) is 4.79 Å². The zero-order valence-corrected chi connectivity index (χ0v) is 13.9. The SMILES string of the molecule is CSCC[C@@H](NCc1cccc(OC2CCCC2)c1)C(=O)O. The summed E-state index contributed by atoms with van der Waals surface area (Å²) in [5, 5.41) is 12.3. The molecule has 1 fully saturated rings. The lowest BCUT2D eigenvalue weighted by Crippen LogP contribution is -2.36. The smallest absolute Gasteiger partial charge is 0.320 e. The average Bonchev–Trinajstić information content (AvgIpc) is 3.00. The Hall–Kier alpha value is -1.20. The molecule has 5 heteroatoms. The first kappa shape index (κ1) is 17.2. The van der Waals surface area contributed by atoms with Gasteiger partial charge in [-0.25, -0.2) is 0 Å². The topological polar surface area (TPSA) is 58.6 Å². The standard InChI is InChI=1S/C17H25NO3S/c1-22-10-9-16(17(19)20)18-12-13-5-4-8-15(11-13)21-14-6-2-3-7-14/h4-5,8,11,14,16,18H,2-3,6-7,9-10,12H2,1H3,(H,19,20)/t16-/m1/s1. The van der Waals surface area contributed by atoms with Gasteiger partial charge in [0.25, 0.3) is 0 Å². The zero-order valence-electron chi connectivity index (χ0n) is 13.1. The number of carbonyl (C=O) groups is 1. The highest BCUT2D eigenvalue weighted by Crippen LogP contribution is 2.24. The Balaban J connectivity index is 1.87. The third-order valence-electron chi connectivity index (χ3n) is 3.96. The molecule has 4 nitrogen and oxygen atoms in total. The molecule has 1 aliphatic carbocycles. The minimum absolute atomic E-state index is 0.344. The van der Waals surface area contributed by atoms with E-state index in [-0.39, 0.29) is 0 Å². The first-order valence-electron chi connectivity index (χ1n) is 7.90. The number of carboxylic acids is 1. The van der Waals surface area contributed by atoms with Gasteiger partial charge in [0.2, 0.25) is 0 Å². The third kappa shape index (κ3) is 5.54. The van der Waals surface area contributed by atoms with Crippen LogP contribution in [-0.2, 0) is 11.3 Å². The van der Waals surface area contributed by atoms with Gasteiger partial charge in [-0.2, -0.15) is 11.8 Å². The highest BCUT2D eigenvalue weighted by atomic mass is 32.2. The fourth-order valence-electron chi connectivity index (χ4n) is 2.72. The maximum atomic E-state index is 11.2. The molecule has 22 heavy (non-hydrogen) atoms. The summed E-state index contributed by atoms with van der Waals surface area (Å²) in [7, 11) is 0. The number of ether oxygens (including phenoxy) is 1. The van der Waals surface area contributed by atoms with Crippen molar-refractivity contribution in [3.63, 3.8) is 0 Å². The predicted octanol–water partition coefficient (Wildman–Crippen LogP) is 3.30. The molecule has 0 amide bonds. The van der Waals surface area contributed by atoms with Gasteiger partial charge in [-0.15, -0.1) is 0 Å². The van der Waals surface area contributed by atoms with Crippen LogP contribution in [0.3, 0.4) is 0 Å². The number of aliphatic carboxylic acids is 1. The van der Waals surface area contributed by atoms with Crippen molar-refractivity contribution in [2.45, 2.75) is 50.8 Å². The summed E-state index contributed by atoms with van der Waals surface area (Å²) in [6, 6.07) is 7.47. The van der Waals surface area contributed by atoms with Crippen LogP contribution in [0.1, 0.15) is 37.7 Å². The summed E-state index contributed by atoms with van der Waals surface area (Å²) >= 11 is 1.67. The van der Waals surface area contributed by atoms with Gasteiger partial charge in [0.1, 0.15) is 11.8 Å². The second-order valence-electron chi connectivity index (χ2n) is 5.72. The fourth-order valence-corrected chi connectivity index (χ4v) is 3.19. The van der Waals surface area contributed by atoms with E-state index in [1.165, 1.54) is 12.8 Å². The highest BCUT2D eigenvalue weighted by molar-refractivity contribution is 7.98. The number of carboxylic acid groups (broad SMARTS) is 1. The number of hydrogen-bond donors (Lipinski definition) is 2. The van der Waals surface area contributed by atoms with Crippen molar-refractivity contribution < 1.29 is 14.6 Å². The van der Waals surface area contributed by atoms with Gasteiger partial charge < -0.3 is 15.2 Å². The van der Waals surface area contributed by atoms with Crippen LogP contribution in [0, 0.1) is 0 Å². The van der Waals surface area contributed by atoms with Crippen LogP contribution in [0.25, 0.3) is 0 Å². The van der Waals surface area contributed by atoms with E-state index in [2.05, 4.69) is 5.32 Å². The van der Waals surface area contributed by atoms with E-state index in [1.807, 2.05) is 30.5 Å². The molecule has 1 aromatic carbocycles. The summed E-state index contributed by atoms with van der Waals surface area (Å²) in [5.41, 5.74) is 1.06. The molecule has 1 atom stereocenters. The molecule has 2 rings (SSSR count). The molecule has 1 aliphatic rings. The molecular formula is C17H25NO3S. The summed E-state index contributed by atoms with van der Waals surface area (Å²) in [6.07, 6.45) is 7.74. The van der Waals surface area contributed by atoms with Crippen molar-refractivity contribution >= 4 is 17.7 Å². The molecule has 0 bridgehead atoms. The Morgan fingerprint density at radius 3 is 2.91 bits per heavy atom. The zero-order chi connectivity index (χ0) is 15.8. The van der Waals surface area contributed by atoms with Crippen molar-refractivity contribution in [2.24, 2.45) is 0 Å². The van der Waals surface area contributed by atoms with Crippen LogP contribution < -0.4 is 10.1 Å². The quantitative estimate of drug-likeness (QED) is 0.730. The summed E-state index contributed by atoms with van der Waals surface area (Å²) in [5.74, 6) is 0.948. The van der Waals surface area contributed by atoms with Crippen LogP contribution in [0.5, 0.6) is 5.75 Å². The number of thioether (sulfide) groups is 1. The van der Waals surface area contributed by atoms with E-state index < -0.39 is 12.0 Å². The monoisotopic (exact) mass is 323 g/mol. The Kier molecular flexibility index (Phi) is 7.06. The van der Waals surface area contributed by atoms with Crippen molar-refractivity contribution in [3.8, 4) is 5.75 Å². The normalized spacial score (nSPS) is 16.6. The molecule has 0 unspecified atom stereocenters. The average molecular weight is 323 g/mol. The minimum atomic E-state index is -0.785. The van der Waals surface area contributed by atoms with Gasteiger partial charge in [0, 0.05) is 6.54 Å². The first-order valence-corrected chi connectivity index (χ1v) is 9.29. The largest absolute Gasteiger partial charge is 0.490 e. The first-order chi connectivity index (χ1) is 10.7. The molecule has 1 saturated carbocycles. The summed E-state index contributed by atoms with van der Waals surface area (Å²) in [4.78, 5) is 11.2. The molecule has 2 N–H and O–H groups in total. The molecule has 0 heterocycles. The van der Waals surface area contributed by atoms with E-state index in [4.69, 9.17) is 4.74 Å². The third-order valence-corrected chi connectivity index (χ3v) is 4.61. The molecule has 0 spiro atoms. The summed E-state index contributed by atoms with van der Waals surface area (Å²) < 4.78 is 5.99. The highest BCUT2D eigenvalue weighted by Gasteiger charge is 2.17. The van der Waals surface area contributed by atoms with E-state index in [1.54, 1.807) is 11.8 Å². The lowest BCUT2D eigenvalue weighted by Gasteiger charge is -2.16. The van der Waals surface area contributed by atoms with E-state index in [0.29, 0.717) is 19.1 Å². The lowest BCUT2D eigenvalue weighted by molar-refractivity contribution is -0.139. The number of rotatable bonds is 9. The van der Waals surface area contributed by atoms with Crippen molar-refractivity contribution in [3.05, 3.63) is 29.8 Å². The molecular weight excluding hydrogens is 298 g/mol. The van der Waals surface area contributed by atoms with Crippen LogP contribution in [0.2, 0.25) is 0 Å². The van der Waals surface area contributed by atoms with Crippen LogP contribution in [0.15, 0.2) is 24.3 Å². The fraction of sp³-hybridized carbons (Fsp3) is 0.588. The summed E-state index contributed by atoms with van der Waals surface area (Å²) in [6.45, 7) is 0.549. The predicted molar refractivity (Wildman–Crippen MR) is 90.6 cm³/mol. The Morgan fingerprint density at radius 1 is 1.45 bits per heavy atom. The van der Waals surface area contributed by atoms with Crippen molar-refractivity contribution in [1.82, 2.24) is 5.32 Å². The second-order valence-corrected chi connectivity index (χ2v) is 6.71.